The van der Waals surface area contributed by atoms with E-state index >= 15 is 0 Å². The summed E-state index contributed by atoms with van der Waals surface area (Å²) in [6.45, 7) is 6.27. The number of carboxylic acids is 1. The van der Waals surface area contributed by atoms with E-state index in [-0.39, 0.29) is 0 Å². The highest BCUT2D eigenvalue weighted by Gasteiger charge is 2.12. The van der Waals surface area contributed by atoms with E-state index in [1.54, 1.807) is 31.4 Å². The maximum Gasteiger partial charge on any atom is 0.325 e. The summed E-state index contributed by atoms with van der Waals surface area (Å²) in [7, 11) is 1.55. The van der Waals surface area contributed by atoms with Gasteiger partial charge in [-0.1, -0.05) is 19.9 Å². The lowest BCUT2D eigenvalue weighted by atomic mass is 10.1. The number of amides is 1. The van der Waals surface area contributed by atoms with Crippen LogP contribution in [0.4, 0.5) is 0 Å². The van der Waals surface area contributed by atoms with Gasteiger partial charge in [0.05, 0.1) is 13.7 Å². The molecule has 0 aliphatic heterocycles. The number of carbonyl (C=O) groups is 2. The summed E-state index contributed by atoms with van der Waals surface area (Å²) in [5, 5.41) is 11.1. The average Bonchev–Trinajstić information content (AvgIpc) is 2.53. The van der Waals surface area contributed by atoms with E-state index in [4.69, 9.17) is 14.6 Å². The third-order valence-corrected chi connectivity index (χ3v) is 3.30. The molecule has 0 heterocycles. The van der Waals surface area contributed by atoms with Gasteiger partial charge in [-0.3, -0.25) is 9.59 Å². The number of benzene rings is 1. The summed E-state index contributed by atoms with van der Waals surface area (Å²) < 4.78 is 11.0. The number of methoxy groups -OCH3 is 1. The molecular weight excluding hydrogens is 310 g/mol. The van der Waals surface area contributed by atoms with Crippen molar-refractivity contribution in [2.45, 2.75) is 33.2 Å². The molecule has 0 fully saturated rings. The standard InChI is InChI=1S/C18H25NO5/c1-12(2)9-10-24-15-7-5-14(11-16(15)23-4)6-8-17(20)19-13(3)18(21)22/h5-8,11-13H,9-10H2,1-4H3,(H,19,20)(H,21,22)/b8-6+/t13-/m0/s1. The van der Waals surface area contributed by atoms with Gasteiger partial charge in [-0.05, 0) is 43.0 Å². The molecule has 1 amide bonds. The molecule has 0 saturated carbocycles. The first-order valence-corrected chi connectivity index (χ1v) is 7.85. The monoisotopic (exact) mass is 335 g/mol. The van der Waals surface area contributed by atoms with Crippen LogP contribution in [0.3, 0.4) is 0 Å². The Morgan fingerprint density at radius 1 is 1.25 bits per heavy atom. The van der Waals surface area contributed by atoms with Crippen molar-refractivity contribution in [2.24, 2.45) is 5.92 Å². The molecule has 1 aromatic carbocycles. The number of carboxylic acid groups (broad SMARTS) is 1. The van der Waals surface area contributed by atoms with Crippen molar-refractivity contribution >= 4 is 18.0 Å². The lowest BCUT2D eigenvalue weighted by molar-refractivity contribution is -0.140. The SMILES string of the molecule is COc1cc(/C=C/C(=O)N[C@@H](C)C(=O)O)ccc1OCCC(C)C. The number of ether oxygens (including phenoxy) is 2. The molecule has 6 nitrogen and oxygen atoms in total. The van der Waals surface area contributed by atoms with Crippen molar-refractivity contribution in [1.82, 2.24) is 5.32 Å². The Morgan fingerprint density at radius 2 is 1.96 bits per heavy atom. The first kappa shape index (κ1) is 19.5. The van der Waals surface area contributed by atoms with Gasteiger partial charge in [-0.25, -0.2) is 0 Å². The van der Waals surface area contributed by atoms with Crippen LogP contribution < -0.4 is 14.8 Å². The third-order valence-electron chi connectivity index (χ3n) is 3.30. The average molecular weight is 335 g/mol. The smallest absolute Gasteiger partial charge is 0.325 e. The molecule has 2 N–H and O–H groups in total. The van der Waals surface area contributed by atoms with E-state index in [0.717, 1.165) is 12.0 Å². The number of aliphatic carboxylic acids is 1. The molecule has 0 spiro atoms. The van der Waals surface area contributed by atoms with Gasteiger partial charge in [-0.2, -0.15) is 0 Å². The second-order valence-electron chi connectivity index (χ2n) is 5.84. The highest BCUT2D eigenvalue weighted by atomic mass is 16.5. The third kappa shape index (κ3) is 6.73. The molecule has 0 saturated heterocycles. The van der Waals surface area contributed by atoms with Gasteiger partial charge in [0.2, 0.25) is 5.91 Å². The molecule has 0 aliphatic carbocycles. The normalized spacial score (nSPS) is 12.2. The lowest BCUT2D eigenvalue weighted by Gasteiger charge is -2.12. The molecule has 0 aromatic heterocycles. The van der Waals surface area contributed by atoms with E-state index < -0.39 is 17.9 Å². The van der Waals surface area contributed by atoms with Gasteiger partial charge < -0.3 is 19.9 Å². The van der Waals surface area contributed by atoms with Gasteiger partial charge in [0.1, 0.15) is 6.04 Å². The summed E-state index contributed by atoms with van der Waals surface area (Å²) in [5.74, 6) is 0.242. The summed E-state index contributed by atoms with van der Waals surface area (Å²) >= 11 is 0. The van der Waals surface area contributed by atoms with Crippen LogP contribution in [-0.4, -0.2) is 36.7 Å². The summed E-state index contributed by atoms with van der Waals surface area (Å²) in [4.78, 5) is 22.3. The van der Waals surface area contributed by atoms with Crippen molar-refractivity contribution < 1.29 is 24.2 Å². The first-order valence-electron chi connectivity index (χ1n) is 7.85. The molecule has 24 heavy (non-hydrogen) atoms. The topological polar surface area (TPSA) is 84.9 Å². The van der Waals surface area contributed by atoms with Crippen LogP contribution >= 0.6 is 0 Å². The van der Waals surface area contributed by atoms with Crippen molar-refractivity contribution in [3.05, 3.63) is 29.8 Å². The molecule has 1 atom stereocenters. The number of rotatable bonds is 9. The zero-order valence-corrected chi connectivity index (χ0v) is 14.5. The van der Waals surface area contributed by atoms with Gasteiger partial charge in [0, 0.05) is 6.08 Å². The second-order valence-corrected chi connectivity index (χ2v) is 5.84. The largest absolute Gasteiger partial charge is 0.493 e. The first-order chi connectivity index (χ1) is 11.3. The second kappa shape index (κ2) is 9.60. The Bertz CT molecular complexity index is 595. The van der Waals surface area contributed by atoms with Crippen LogP contribution in [0.25, 0.3) is 6.08 Å². The molecular formula is C18H25NO5. The van der Waals surface area contributed by atoms with Crippen LogP contribution in [0.2, 0.25) is 0 Å². The molecule has 1 rings (SSSR count). The zero-order valence-electron chi connectivity index (χ0n) is 14.5. The fourth-order valence-corrected chi connectivity index (χ4v) is 1.81. The Labute approximate surface area is 142 Å². The van der Waals surface area contributed by atoms with Crippen molar-refractivity contribution in [3.8, 4) is 11.5 Å². The molecule has 0 unspecified atom stereocenters. The fourth-order valence-electron chi connectivity index (χ4n) is 1.81. The zero-order chi connectivity index (χ0) is 18.1. The van der Waals surface area contributed by atoms with E-state index in [1.165, 1.54) is 13.0 Å². The predicted molar refractivity (Wildman–Crippen MR) is 92.2 cm³/mol. The molecule has 132 valence electrons. The van der Waals surface area contributed by atoms with Crippen LogP contribution in [0.15, 0.2) is 24.3 Å². The molecule has 0 bridgehead atoms. The highest BCUT2D eigenvalue weighted by molar-refractivity contribution is 5.94. The van der Waals surface area contributed by atoms with Crippen molar-refractivity contribution in [2.75, 3.05) is 13.7 Å². The fraction of sp³-hybridized carbons (Fsp3) is 0.444. The lowest BCUT2D eigenvalue weighted by Crippen LogP contribution is -2.37. The van der Waals surface area contributed by atoms with E-state index in [1.807, 2.05) is 0 Å². The van der Waals surface area contributed by atoms with Gasteiger partial charge >= 0.3 is 5.97 Å². The minimum atomic E-state index is -1.08. The predicted octanol–water partition coefficient (Wildman–Crippen LogP) is 2.72. The van der Waals surface area contributed by atoms with Crippen molar-refractivity contribution in [1.29, 1.82) is 0 Å². The van der Waals surface area contributed by atoms with Gasteiger partial charge in [0.15, 0.2) is 11.5 Å². The van der Waals surface area contributed by atoms with E-state index in [0.29, 0.717) is 24.0 Å². The minimum Gasteiger partial charge on any atom is -0.493 e. The maximum atomic E-state index is 11.6. The molecule has 6 heteroatoms. The van der Waals surface area contributed by atoms with Gasteiger partial charge in [-0.15, -0.1) is 0 Å². The Balaban J connectivity index is 2.71. The number of hydrogen-bond donors (Lipinski definition) is 2. The van der Waals surface area contributed by atoms with Crippen LogP contribution in [-0.2, 0) is 9.59 Å². The van der Waals surface area contributed by atoms with Crippen molar-refractivity contribution in [3.63, 3.8) is 0 Å². The minimum absolute atomic E-state index is 0.471. The Morgan fingerprint density at radius 3 is 2.54 bits per heavy atom. The molecule has 1 aromatic rings. The molecule has 0 aliphatic rings. The summed E-state index contributed by atoms with van der Waals surface area (Å²) in [6, 6.07) is 4.41. The summed E-state index contributed by atoms with van der Waals surface area (Å²) in [5.41, 5.74) is 0.751. The number of hydrogen-bond acceptors (Lipinski definition) is 4. The Kier molecular flexibility index (Phi) is 7.82. The maximum absolute atomic E-state index is 11.6. The van der Waals surface area contributed by atoms with E-state index in [9.17, 15) is 9.59 Å². The quantitative estimate of drug-likeness (QED) is 0.678. The number of carbonyl (C=O) groups excluding carboxylic acids is 1. The van der Waals surface area contributed by atoms with E-state index in [2.05, 4.69) is 19.2 Å². The molecule has 0 radical (unpaired) electrons. The van der Waals surface area contributed by atoms with Crippen LogP contribution in [0, 0.1) is 5.92 Å². The van der Waals surface area contributed by atoms with Crippen LogP contribution in [0.1, 0.15) is 32.8 Å². The van der Waals surface area contributed by atoms with Gasteiger partial charge in [0.25, 0.3) is 0 Å². The summed E-state index contributed by atoms with van der Waals surface area (Å²) in [6.07, 6.45) is 3.82. The Hall–Kier alpha value is -2.50. The number of nitrogens with one attached hydrogen (secondary N) is 1. The van der Waals surface area contributed by atoms with Crippen LogP contribution in [0.5, 0.6) is 11.5 Å². The highest BCUT2D eigenvalue weighted by Crippen LogP contribution is 2.28.